The van der Waals surface area contributed by atoms with E-state index in [1.165, 1.54) is 0 Å². The first kappa shape index (κ1) is 11.1. The normalized spacial score (nSPS) is 10.4. The molecule has 82 valence electrons. The molecule has 1 aromatic heterocycles. The monoisotopic (exact) mass is 252 g/mol. The van der Waals surface area contributed by atoms with E-state index in [9.17, 15) is 0 Å². The Morgan fingerprint density at radius 2 is 2.19 bits per heavy atom. The fourth-order valence-electron chi connectivity index (χ4n) is 1.42. The molecule has 16 heavy (non-hydrogen) atoms. The highest BCUT2D eigenvalue weighted by molar-refractivity contribution is 7.80. The Labute approximate surface area is 103 Å². The number of hydrogen-bond acceptors (Lipinski definition) is 3. The molecule has 1 heterocycles. The Bertz CT molecular complexity index is 571. The van der Waals surface area contributed by atoms with E-state index in [1.54, 1.807) is 19.2 Å². The van der Waals surface area contributed by atoms with Gasteiger partial charge in [0.2, 0.25) is 0 Å². The number of rotatable bonds is 2. The highest BCUT2D eigenvalue weighted by Crippen LogP contribution is 2.28. The molecule has 0 atom stereocenters. The van der Waals surface area contributed by atoms with Crippen molar-refractivity contribution in [3.8, 4) is 5.75 Å². The van der Waals surface area contributed by atoms with Crippen LogP contribution in [-0.4, -0.2) is 17.1 Å². The molecular formula is C11H9ClN2OS. The summed E-state index contributed by atoms with van der Waals surface area (Å²) in [6.07, 6.45) is 0. The molecule has 0 saturated heterocycles. The Morgan fingerprint density at radius 3 is 2.81 bits per heavy atom. The number of pyridine rings is 1. The van der Waals surface area contributed by atoms with Crippen molar-refractivity contribution in [3.05, 3.63) is 35.0 Å². The van der Waals surface area contributed by atoms with Gasteiger partial charge < -0.3 is 10.5 Å². The summed E-state index contributed by atoms with van der Waals surface area (Å²) in [5, 5.41) is 1.45. The maximum atomic E-state index is 6.01. The van der Waals surface area contributed by atoms with Crippen molar-refractivity contribution in [1.82, 2.24) is 4.98 Å². The lowest BCUT2D eigenvalue weighted by Gasteiger charge is -2.06. The summed E-state index contributed by atoms with van der Waals surface area (Å²) in [4.78, 5) is 4.58. The van der Waals surface area contributed by atoms with E-state index in [1.807, 2.05) is 12.1 Å². The van der Waals surface area contributed by atoms with Crippen LogP contribution in [0.15, 0.2) is 24.3 Å². The Morgan fingerprint density at radius 1 is 1.44 bits per heavy atom. The van der Waals surface area contributed by atoms with Gasteiger partial charge in [-0.3, -0.25) is 0 Å². The lowest BCUT2D eigenvalue weighted by atomic mass is 10.2. The topological polar surface area (TPSA) is 48.1 Å². The number of nitrogens with zero attached hydrogens (tertiary/aromatic N) is 1. The highest BCUT2D eigenvalue weighted by Gasteiger charge is 2.06. The lowest BCUT2D eigenvalue weighted by Crippen LogP contribution is -2.11. The number of ether oxygens (including phenoxy) is 1. The van der Waals surface area contributed by atoms with Gasteiger partial charge in [0, 0.05) is 5.39 Å². The molecule has 0 aliphatic rings. The molecule has 2 aromatic rings. The molecule has 0 unspecified atom stereocenters. The number of halogens is 1. The largest absolute Gasteiger partial charge is 0.495 e. The van der Waals surface area contributed by atoms with Crippen molar-refractivity contribution in [2.45, 2.75) is 0 Å². The van der Waals surface area contributed by atoms with Gasteiger partial charge in [0.25, 0.3) is 0 Å². The molecule has 0 aliphatic carbocycles. The first-order chi connectivity index (χ1) is 7.61. The summed E-state index contributed by atoms with van der Waals surface area (Å²) in [6, 6.07) is 7.22. The fraction of sp³-hybridized carbons (Fsp3) is 0.0909. The number of benzene rings is 1. The van der Waals surface area contributed by atoms with Gasteiger partial charge in [0.1, 0.15) is 10.7 Å². The average molecular weight is 253 g/mol. The third-order valence-corrected chi connectivity index (χ3v) is 2.72. The van der Waals surface area contributed by atoms with Crippen LogP contribution in [0.4, 0.5) is 0 Å². The average Bonchev–Trinajstić information content (AvgIpc) is 2.27. The van der Waals surface area contributed by atoms with Crippen LogP contribution in [0.3, 0.4) is 0 Å². The molecule has 2 rings (SSSR count). The molecule has 0 bridgehead atoms. The number of thiocarbonyl (C=S) groups is 1. The molecule has 3 nitrogen and oxygen atoms in total. The van der Waals surface area contributed by atoms with E-state index < -0.39 is 0 Å². The van der Waals surface area contributed by atoms with Crippen molar-refractivity contribution in [2.24, 2.45) is 5.73 Å². The van der Waals surface area contributed by atoms with Crippen LogP contribution in [0.1, 0.15) is 5.69 Å². The van der Waals surface area contributed by atoms with E-state index in [0.717, 1.165) is 10.9 Å². The van der Waals surface area contributed by atoms with Crippen molar-refractivity contribution in [3.63, 3.8) is 0 Å². The summed E-state index contributed by atoms with van der Waals surface area (Å²) in [6.45, 7) is 0. The zero-order chi connectivity index (χ0) is 11.7. The third kappa shape index (κ3) is 1.94. The molecule has 2 N–H and O–H groups in total. The minimum atomic E-state index is 0.272. The summed E-state index contributed by atoms with van der Waals surface area (Å²) in [5.74, 6) is 0.624. The quantitative estimate of drug-likeness (QED) is 0.835. The van der Waals surface area contributed by atoms with E-state index in [2.05, 4.69) is 4.98 Å². The second-order valence-corrected chi connectivity index (χ2v) is 4.09. The third-order valence-electron chi connectivity index (χ3n) is 2.22. The SMILES string of the molecule is COc1cc2ccc(C(N)=S)nc2cc1Cl. The van der Waals surface area contributed by atoms with E-state index in [-0.39, 0.29) is 4.99 Å². The van der Waals surface area contributed by atoms with Crippen LogP contribution in [0.2, 0.25) is 5.02 Å². The predicted octanol–water partition coefficient (Wildman–Crippen LogP) is 2.53. The Kier molecular flexibility index (Phi) is 2.94. The van der Waals surface area contributed by atoms with E-state index in [0.29, 0.717) is 16.5 Å². The lowest BCUT2D eigenvalue weighted by molar-refractivity contribution is 0.415. The molecule has 0 radical (unpaired) electrons. The molecule has 0 amide bonds. The standard InChI is InChI=1S/C11H9ClN2OS/c1-15-10-4-6-2-3-8(11(13)16)14-9(6)5-7(10)12/h2-5H,1H3,(H2,13,16). The molecule has 1 aromatic carbocycles. The molecule has 0 fully saturated rings. The first-order valence-electron chi connectivity index (χ1n) is 4.56. The van der Waals surface area contributed by atoms with Crippen LogP contribution in [0, 0.1) is 0 Å². The maximum Gasteiger partial charge on any atom is 0.138 e. The number of nitrogens with two attached hydrogens (primary N) is 1. The predicted molar refractivity (Wildman–Crippen MR) is 69.2 cm³/mol. The number of fused-ring (bicyclic) bond motifs is 1. The smallest absolute Gasteiger partial charge is 0.138 e. The van der Waals surface area contributed by atoms with Crippen LogP contribution >= 0.6 is 23.8 Å². The number of methoxy groups -OCH3 is 1. The van der Waals surface area contributed by atoms with Crippen molar-refractivity contribution >= 4 is 39.7 Å². The van der Waals surface area contributed by atoms with Crippen LogP contribution in [0.5, 0.6) is 5.75 Å². The minimum absolute atomic E-state index is 0.272. The van der Waals surface area contributed by atoms with Crippen LogP contribution < -0.4 is 10.5 Å². The zero-order valence-corrected chi connectivity index (χ0v) is 10.1. The second kappa shape index (κ2) is 4.23. The summed E-state index contributed by atoms with van der Waals surface area (Å²) < 4.78 is 5.12. The molecule has 0 aliphatic heterocycles. The van der Waals surface area contributed by atoms with Gasteiger partial charge >= 0.3 is 0 Å². The van der Waals surface area contributed by atoms with Gasteiger partial charge in [-0.1, -0.05) is 29.9 Å². The highest BCUT2D eigenvalue weighted by atomic mass is 35.5. The van der Waals surface area contributed by atoms with Crippen molar-refractivity contribution in [1.29, 1.82) is 0 Å². The summed E-state index contributed by atoms with van der Waals surface area (Å²) in [7, 11) is 1.57. The first-order valence-corrected chi connectivity index (χ1v) is 5.34. The van der Waals surface area contributed by atoms with Gasteiger partial charge in [0.15, 0.2) is 0 Å². The van der Waals surface area contributed by atoms with Crippen molar-refractivity contribution < 1.29 is 4.74 Å². The number of hydrogen-bond donors (Lipinski definition) is 1. The molecule has 0 spiro atoms. The van der Waals surface area contributed by atoms with Crippen molar-refractivity contribution in [2.75, 3.05) is 7.11 Å². The minimum Gasteiger partial charge on any atom is -0.495 e. The van der Waals surface area contributed by atoms with Gasteiger partial charge in [0.05, 0.1) is 23.3 Å². The van der Waals surface area contributed by atoms with Gasteiger partial charge in [-0.25, -0.2) is 4.98 Å². The molecule has 0 saturated carbocycles. The Hall–Kier alpha value is -1.39. The Balaban J connectivity index is 2.66. The van der Waals surface area contributed by atoms with Crippen LogP contribution in [0.25, 0.3) is 10.9 Å². The van der Waals surface area contributed by atoms with Gasteiger partial charge in [-0.15, -0.1) is 0 Å². The molecular weight excluding hydrogens is 244 g/mol. The number of aromatic nitrogens is 1. The van der Waals surface area contributed by atoms with Gasteiger partial charge in [-0.05, 0) is 18.2 Å². The van der Waals surface area contributed by atoms with Crippen LogP contribution in [-0.2, 0) is 0 Å². The maximum absolute atomic E-state index is 6.01. The van der Waals surface area contributed by atoms with Gasteiger partial charge in [-0.2, -0.15) is 0 Å². The molecule has 5 heteroatoms. The van der Waals surface area contributed by atoms with E-state index in [4.69, 9.17) is 34.3 Å². The zero-order valence-electron chi connectivity index (χ0n) is 8.53. The van der Waals surface area contributed by atoms with E-state index >= 15 is 0 Å². The summed E-state index contributed by atoms with van der Waals surface area (Å²) in [5.41, 5.74) is 6.84. The summed E-state index contributed by atoms with van der Waals surface area (Å²) >= 11 is 10.9. The fourth-order valence-corrected chi connectivity index (χ4v) is 1.77. The second-order valence-electron chi connectivity index (χ2n) is 3.24.